The van der Waals surface area contributed by atoms with Gasteiger partial charge in [-0.3, -0.25) is 9.59 Å². The zero-order valence-electron chi connectivity index (χ0n) is 17.4. The normalized spacial score (nSPS) is 18.8. The van der Waals surface area contributed by atoms with Crippen LogP contribution in [0.2, 0.25) is 5.02 Å². The van der Waals surface area contributed by atoms with Crippen LogP contribution in [-0.2, 0) is 0 Å². The summed E-state index contributed by atoms with van der Waals surface area (Å²) in [6.07, 6.45) is 3.84. The summed E-state index contributed by atoms with van der Waals surface area (Å²) in [6, 6.07) is 11.5. The van der Waals surface area contributed by atoms with Crippen LogP contribution in [0.1, 0.15) is 46.4 Å². The van der Waals surface area contributed by atoms with Gasteiger partial charge < -0.3 is 14.5 Å². The van der Waals surface area contributed by atoms with Gasteiger partial charge in [0.2, 0.25) is 0 Å². The van der Waals surface area contributed by atoms with Crippen LogP contribution in [0.3, 0.4) is 0 Å². The molecule has 0 unspecified atom stereocenters. The van der Waals surface area contributed by atoms with Crippen molar-refractivity contribution in [3.63, 3.8) is 0 Å². The fourth-order valence-corrected chi connectivity index (χ4v) is 4.53. The molecule has 0 aromatic heterocycles. The van der Waals surface area contributed by atoms with Crippen LogP contribution >= 0.6 is 11.6 Å². The van der Waals surface area contributed by atoms with Gasteiger partial charge in [0.05, 0.1) is 17.2 Å². The first kappa shape index (κ1) is 21.6. The summed E-state index contributed by atoms with van der Waals surface area (Å²) in [6.45, 7) is 3.09. The van der Waals surface area contributed by atoms with E-state index in [9.17, 15) is 14.0 Å². The second-order valence-corrected chi connectivity index (χ2v) is 8.60. The lowest BCUT2D eigenvalue weighted by Gasteiger charge is -2.33. The van der Waals surface area contributed by atoms with E-state index in [1.165, 1.54) is 18.2 Å². The highest BCUT2D eigenvalue weighted by molar-refractivity contribution is 6.33. The fraction of sp³-hybridized carbons (Fsp3) is 0.417. The SMILES string of the molecule is O=C(c1cccc(OC[C@H]2CCCN(C(=O)c3c(F)cccc3Cl)C2)c1)N1CCCC1. The summed E-state index contributed by atoms with van der Waals surface area (Å²) in [4.78, 5) is 28.9. The zero-order chi connectivity index (χ0) is 21.8. The van der Waals surface area contributed by atoms with Crippen LogP contribution in [0.4, 0.5) is 4.39 Å². The van der Waals surface area contributed by atoms with Crippen LogP contribution in [0.15, 0.2) is 42.5 Å². The molecule has 7 heteroatoms. The van der Waals surface area contributed by atoms with Crippen molar-refractivity contribution < 1.29 is 18.7 Å². The number of amides is 2. The largest absolute Gasteiger partial charge is 0.493 e. The Balaban J connectivity index is 1.36. The molecule has 164 valence electrons. The first-order valence-corrected chi connectivity index (χ1v) is 11.2. The molecule has 2 aromatic rings. The van der Waals surface area contributed by atoms with Crippen molar-refractivity contribution in [1.82, 2.24) is 9.80 Å². The highest BCUT2D eigenvalue weighted by Gasteiger charge is 2.28. The summed E-state index contributed by atoms with van der Waals surface area (Å²) in [5.41, 5.74) is 0.563. The third kappa shape index (κ3) is 5.01. The Bertz CT molecular complexity index is 941. The van der Waals surface area contributed by atoms with Crippen molar-refractivity contribution in [3.8, 4) is 5.75 Å². The van der Waals surface area contributed by atoms with Crippen LogP contribution < -0.4 is 4.74 Å². The topological polar surface area (TPSA) is 49.9 Å². The molecule has 2 amide bonds. The van der Waals surface area contributed by atoms with Gasteiger partial charge in [0.15, 0.2) is 0 Å². The van der Waals surface area contributed by atoms with E-state index in [1.54, 1.807) is 11.0 Å². The van der Waals surface area contributed by atoms with E-state index in [-0.39, 0.29) is 28.3 Å². The predicted octanol–water partition coefficient (Wildman–Crippen LogP) is 4.65. The molecule has 2 heterocycles. The van der Waals surface area contributed by atoms with Gasteiger partial charge >= 0.3 is 0 Å². The van der Waals surface area contributed by atoms with E-state index < -0.39 is 5.82 Å². The van der Waals surface area contributed by atoms with Crippen molar-refractivity contribution in [2.75, 3.05) is 32.8 Å². The summed E-state index contributed by atoms with van der Waals surface area (Å²) in [7, 11) is 0. The second-order valence-electron chi connectivity index (χ2n) is 8.19. The number of piperidine rings is 1. The summed E-state index contributed by atoms with van der Waals surface area (Å²) in [5.74, 6) is -0.174. The Morgan fingerprint density at radius 3 is 2.52 bits per heavy atom. The minimum Gasteiger partial charge on any atom is -0.493 e. The van der Waals surface area contributed by atoms with Gasteiger partial charge in [-0.1, -0.05) is 23.7 Å². The Morgan fingerprint density at radius 2 is 1.74 bits per heavy atom. The number of carbonyl (C=O) groups excluding carboxylic acids is 2. The number of carbonyl (C=O) groups is 2. The van der Waals surface area contributed by atoms with Gasteiger partial charge in [0.1, 0.15) is 11.6 Å². The molecule has 31 heavy (non-hydrogen) atoms. The number of rotatable bonds is 5. The molecule has 0 spiro atoms. The number of benzene rings is 2. The Labute approximate surface area is 186 Å². The van der Waals surface area contributed by atoms with Crippen LogP contribution in [0, 0.1) is 11.7 Å². The molecule has 0 saturated carbocycles. The molecule has 2 saturated heterocycles. The first-order chi connectivity index (χ1) is 15.0. The number of halogens is 2. The van der Waals surface area contributed by atoms with Crippen LogP contribution in [-0.4, -0.2) is 54.4 Å². The Hall–Kier alpha value is -2.60. The van der Waals surface area contributed by atoms with Gasteiger partial charge in [-0.05, 0) is 56.0 Å². The smallest absolute Gasteiger partial charge is 0.258 e. The molecular weight excluding hydrogens is 419 g/mol. The van der Waals surface area contributed by atoms with Crippen LogP contribution in [0.25, 0.3) is 0 Å². The van der Waals surface area contributed by atoms with E-state index in [0.29, 0.717) is 31.0 Å². The second kappa shape index (κ2) is 9.69. The number of hydrogen-bond acceptors (Lipinski definition) is 3. The van der Waals surface area contributed by atoms with E-state index >= 15 is 0 Å². The van der Waals surface area contributed by atoms with Gasteiger partial charge in [-0.2, -0.15) is 0 Å². The van der Waals surface area contributed by atoms with Crippen molar-refractivity contribution in [3.05, 3.63) is 64.4 Å². The number of nitrogens with zero attached hydrogens (tertiary/aromatic N) is 2. The van der Waals surface area contributed by atoms with E-state index in [4.69, 9.17) is 16.3 Å². The van der Waals surface area contributed by atoms with Gasteiger partial charge in [-0.15, -0.1) is 0 Å². The predicted molar refractivity (Wildman–Crippen MR) is 117 cm³/mol. The lowest BCUT2D eigenvalue weighted by atomic mass is 9.98. The van der Waals surface area contributed by atoms with Crippen molar-refractivity contribution in [1.29, 1.82) is 0 Å². The quantitative estimate of drug-likeness (QED) is 0.674. The average Bonchev–Trinajstić information content (AvgIpc) is 3.32. The number of ether oxygens (including phenoxy) is 1. The lowest BCUT2D eigenvalue weighted by Crippen LogP contribution is -2.42. The lowest BCUT2D eigenvalue weighted by molar-refractivity contribution is 0.0628. The molecule has 2 aromatic carbocycles. The first-order valence-electron chi connectivity index (χ1n) is 10.8. The highest BCUT2D eigenvalue weighted by Crippen LogP contribution is 2.25. The van der Waals surface area contributed by atoms with Crippen molar-refractivity contribution in [2.45, 2.75) is 25.7 Å². The zero-order valence-corrected chi connectivity index (χ0v) is 18.1. The highest BCUT2D eigenvalue weighted by atomic mass is 35.5. The third-order valence-corrected chi connectivity index (χ3v) is 6.26. The van der Waals surface area contributed by atoms with E-state index in [0.717, 1.165) is 38.8 Å². The summed E-state index contributed by atoms with van der Waals surface area (Å²) < 4.78 is 20.1. The number of hydrogen-bond donors (Lipinski definition) is 0. The Morgan fingerprint density at radius 1 is 1.00 bits per heavy atom. The maximum Gasteiger partial charge on any atom is 0.258 e. The monoisotopic (exact) mass is 444 g/mol. The Kier molecular flexibility index (Phi) is 6.76. The molecule has 0 aliphatic carbocycles. The molecule has 1 atom stereocenters. The van der Waals surface area contributed by atoms with E-state index in [2.05, 4.69) is 0 Å². The minimum atomic E-state index is -0.602. The third-order valence-electron chi connectivity index (χ3n) is 5.94. The average molecular weight is 445 g/mol. The fourth-order valence-electron chi connectivity index (χ4n) is 4.28. The van der Waals surface area contributed by atoms with E-state index in [1.807, 2.05) is 23.1 Å². The molecule has 2 aliphatic heterocycles. The molecule has 0 N–H and O–H groups in total. The standard InChI is InChI=1S/C24H26ClFN2O3/c25-20-9-4-10-21(26)22(20)24(30)28-13-5-6-17(15-28)16-31-19-8-3-7-18(14-19)23(29)27-11-1-2-12-27/h3-4,7-10,14,17H,1-2,5-6,11-13,15-16H2/t17-/m0/s1. The molecule has 5 nitrogen and oxygen atoms in total. The minimum absolute atomic E-state index is 0.0409. The molecule has 0 bridgehead atoms. The van der Waals surface area contributed by atoms with Crippen molar-refractivity contribution >= 4 is 23.4 Å². The maximum absolute atomic E-state index is 14.1. The van der Waals surface area contributed by atoms with Crippen LogP contribution in [0.5, 0.6) is 5.75 Å². The summed E-state index contributed by atoms with van der Waals surface area (Å²) in [5, 5.41) is 0.128. The van der Waals surface area contributed by atoms with Gasteiger partial charge in [0, 0.05) is 37.7 Å². The molecular formula is C24H26ClFN2O3. The molecule has 0 radical (unpaired) electrons. The van der Waals surface area contributed by atoms with Gasteiger partial charge in [0.25, 0.3) is 11.8 Å². The molecule has 2 aliphatic rings. The summed E-state index contributed by atoms with van der Waals surface area (Å²) >= 11 is 6.07. The van der Waals surface area contributed by atoms with Crippen molar-refractivity contribution in [2.24, 2.45) is 5.92 Å². The molecule has 4 rings (SSSR count). The van der Waals surface area contributed by atoms with Gasteiger partial charge in [-0.25, -0.2) is 4.39 Å². The number of likely N-dealkylation sites (tertiary alicyclic amines) is 2. The molecule has 2 fully saturated rings. The maximum atomic E-state index is 14.1.